The molecule has 0 radical (unpaired) electrons. The summed E-state index contributed by atoms with van der Waals surface area (Å²) in [7, 11) is -2.69. The van der Waals surface area contributed by atoms with E-state index < -0.39 is 34.2 Å². The first kappa shape index (κ1) is 20.3. The lowest BCUT2D eigenvalue weighted by molar-refractivity contribution is -0.200. The van der Waals surface area contributed by atoms with E-state index in [2.05, 4.69) is 24.4 Å². The highest BCUT2D eigenvalue weighted by atomic mass is 32.2. The Morgan fingerprint density at radius 2 is 1.87 bits per heavy atom. The van der Waals surface area contributed by atoms with Crippen molar-refractivity contribution in [3.05, 3.63) is 42.5 Å². The number of fused-ring (bicyclic) bond motifs is 1. The number of nitrogens with zero attached hydrogens (tertiary/aromatic N) is 4. The third-order valence-electron chi connectivity index (χ3n) is 4.32. The van der Waals surface area contributed by atoms with Gasteiger partial charge < -0.3 is 9.30 Å². The van der Waals surface area contributed by atoms with Crippen molar-refractivity contribution in [2.45, 2.75) is 31.2 Å². The lowest BCUT2D eigenvalue weighted by Gasteiger charge is -2.22. The van der Waals surface area contributed by atoms with Crippen LogP contribution in [0.15, 0.2) is 36.8 Å². The van der Waals surface area contributed by atoms with Crippen LogP contribution in [0.1, 0.15) is 24.6 Å². The summed E-state index contributed by atoms with van der Waals surface area (Å²) in [6.07, 6.45) is -3.66. The fraction of sp³-hybridized carbons (Fsp3) is 0.353. The molecule has 160 valence electrons. The van der Waals surface area contributed by atoms with Crippen LogP contribution in [0.4, 0.5) is 19.0 Å². The zero-order valence-electron chi connectivity index (χ0n) is 15.6. The minimum Gasteiger partial charge on any atom is -0.455 e. The van der Waals surface area contributed by atoms with Crippen molar-refractivity contribution in [1.82, 2.24) is 24.2 Å². The molecule has 2 aromatic heterocycles. The van der Waals surface area contributed by atoms with Gasteiger partial charge in [0.25, 0.3) is 5.88 Å². The van der Waals surface area contributed by atoms with E-state index in [0.29, 0.717) is 12.8 Å². The summed E-state index contributed by atoms with van der Waals surface area (Å²) in [6.45, 7) is 0. The highest BCUT2D eigenvalue weighted by molar-refractivity contribution is 7.90. The van der Waals surface area contributed by atoms with Crippen molar-refractivity contribution >= 4 is 27.1 Å². The van der Waals surface area contributed by atoms with Crippen LogP contribution in [-0.4, -0.2) is 40.2 Å². The van der Waals surface area contributed by atoms with E-state index in [1.54, 1.807) is 18.2 Å². The normalized spacial score (nSPS) is 15.9. The number of rotatable bonds is 7. The topological polar surface area (TPSA) is 111 Å². The molecule has 0 spiro atoms. The maximum atomic E-state index is 13.7. The second-order valence-corrected chi connectivity index (χ2v) is 8.28. The number of imidazole rings is 1. The van der Waals surface area contributed by atoms with E-state index in [1.807, 2.05) is 0 Å². The Bertz CT molecular complexity index is 1180. The van der Waals surface area contributed by atoms with Gasteiger partial charge in [-0.2, -0.15) is 26.3 Å². The molecule has 30 heavy (non-hydrogen) atoms. The highest BCUT2D eigenvalue weighted by Gasteiger charge is 2.45. The molecule has 0 aliphatic heterocycles. The first-order valence-electron chi connectivity index (χ1n) is 8.89. The molecule has 1 atom stereocenters. The first-order valence-corrected chi connectivity index (χ1v) is 10.4. The van der Waals surface area contributed by atoms with E-state index >= 15 is 0 Å². The van der Waals surface area contributed by atoms with Gasteiger partial charge in [0, 0.05) is 13.1 Å². The molecule has 3 aromatic rings. The number of hydrogen-bond donors (Lipinski definition) is 2. The molecule has 0 bridgehead atoms. The number of para-hydroxylation sites is 2. The van der Waals surface area contributed by atoms with Gasteiger partial charge in [0.2, 0.25) is 11.9 Å². The molecule has 1 aliphatic rings. The zero-order chi connectivity index (χ0) is 21.5. The van der Waals surface area contributed by atoms with Crippen molar-refractivity contribution in [3.63, 3.8) is 0 Å². The molecule has 0 saturated heterocycles. The summed E-state index contributed by atoms with van der Waals surface area (Å²) in [5.74, 6) is -1.04. The SMILES string of the molecule is Cn1cncc1C(Oc1nc2ccccc2nc1NS(=O)(=O)NC1CC1)C(F)(F)F. The maximum Gasteiger partial charge on any atom is 0.431 e. The van der Waals surface area contributed by atoms with Gasteiger partial charge in [0.1, 0.15) is 0 Å². The molecular weight excluding hydrogens is 425 g/mol. The van der Waals surface area contributed by atoms with E-state index in [0.717, 1.165) is 10.8 Å². The van der Waals surface area contributed by atoms with E-state index in [4.69, 9.17) is 4.74 Å². The number of hydrogen-bond acceptors (Lipinski definition) is 6. The van der Waals surface area contributed by atoms with Gasteiger partial charge >= 0.3 is 16.4 Å². The number of benzene rings is 1. The minimum atomic E-state index is -4.82. The van der Waals surface area contributed by atoms with Gasteiger partial charge in [-0.25, -0.2) is 15.0 Å². The predicted octanol–water partition coefficient (Wildman–Crippen LogP) is 2.45. The number of anilines is 1. The lowest BCUT2D eigenvalue weighted by Crippen LogP contribution is -2.33. The van der Waals surface area contributed by atoms with Crippen molar-refractivity contribution in [1.29, 1.82) is 0 Å². The van der Waals surface area contributed by atoms with Crippen LogP contribution in [0.25, 0.3) is 11.0 Å². The lowest BCUT2D eigenvalue weighted by atomic mass is 10.2. The molecule has 1 aromatic carbocycles. The molecule has 13 heteroatoms. The Balaban J connectivity index is 1.76. The Labute approximate surface area is 169 Å². The first-order chi connectivity index (χ1) is 14.1. The van der Waals surface area contributed by atoms with Gasteiger partial charge in [0.15, 0.2) is 0 Å². The summed E-state index contributed by atoms with van der Waals surface area (Å²) in [5.41, 5.74) is 0.261. The molecule has 1 saturated carbocycles. The molecule has 1 fully saturated rings. The number of aromatic nitrogens is 4. The minimum absolute atomic E-state index is 0.211. The van der Waals surface area contributed by atoms with Gasteiger partial charge in [-0.05, 0) is 25.0 Å². The number of nitrogens with one attached hydrogen (secondary N) is 2. The van der Waals surface area contributed by atoms with Crippen LogP contribution in [-0.2, 0) is 17.3 Å². The summed E-state index contributed by atoms with van der Waals surface area (Å²) < 4.78 is 76.8. The maximum absolute atomic E-state index is 13.7. The van der Waals surface area contributed by atoms with Crippen LogP contribution in [0.2, 0.25) is 0 Å². The number of ether oxygens (including phenoxy) is 1. The zero-order valence-corrected chi connectivity index (χ0v) is 16.4. The van der Waals surface area contributed by atoms with Crippen LogP contribution in [0.5, 0.6) is 5.88 Å². The number of alkyl halides is 3. The molecule has 2 heterocycles. The van der Waals surface area contributed by atoms with Gasteiger partial charge in [0.05, 0.1) is 29.3 Å². The highest BCUT2D eigenvalue weighted by Crippen LogP contribution is 2.38. The third kappa shape index (κ3) is 4.46. The fourth-order valence-corrected chi connectivity index (χ4v) is 3.86. The summed E-state index contributed by atoms with van der Waals surface area (Å²) in [4.78, 5) is 11.9. The Morgan fingerprint density at radius 1 is 1.20 bits per heavy atom. The Morgan fingerprint density at radius 3 is 2.43 bits per heavy atom. The summed E-state index contributed by atoms with van der Waals surface area (Å²) in [6, 6.07) is 6.15. The van der Waals surface area contributed by atoms with E-state index in [-0.39, 0.29) is 22.8 Å². The number of aryl methyl sites for hydroxylation is 1. The van der Waals surface area contributed by atoms with Crippen LogP contribution in [0.3, 0.4) is 0 Å². The third-order valence-corrected chi connectivity index (χ3v) is 5.42. The van der Waals surface area contributed by atoms with Crippen molar-refractivity contribution < 1.29 is 26.3 Å². The van der Waals surface area contributed by atoms with Crippen LogP contribution < -0.4 is 14.2 Å². The van der Waals surface area contributed by atoms with Gasteiger partial charge in [-0.15, -0.1) is 0 Å². The van der Waals surface area contributed by atoms with Crippen molar-refractivity contribution in [2.75, 3.05) is 4.72 Å². The van der Waals surface area contributed by atoms with Crippen LogP contribution >= 0.6 is 0 Å². The predicted molar refractivity (Wildman–Crippen MR) is 101 cm³/mol. The average Bonchev–Trinajstić information content (AvgIpc) is 3.35. The summed E-state index contributed by atoms with van der Waals surface area (Å²) >= 11 is 0. The molecular formula is C17H17F3N6O3S. The van der Waals surface area contributed by atoms with E-state index in [9.17, 15) is 21.6 Å². The molecule has 1 aliphatic carbocycles. The monoisotopic (exact) mass is 442 g/mol. The molecule has 4 rings (SSSR count). The second-order valence-electron chi connectivity index (χ2n) is 6.83. The molecule has 9 nitrogen and oxygen atoms in total. The fourth-order valence-electron chi connectivity index (χ4n) is 2.74. The smallest absolute Gasteiger partial charge is 0.431 e. The van der Waals surface area contributed by atoms with E-state index in [1.165, 1.54) is 19.4 Å². The largest absolute Gasteiger partial charge is 0.455 e. The standard InChI is InChI=1S/C17H17F3N6O3S/c1-26-9-21-8-13(26)14(17(18,19)20)29-16-15(25-30(27,28)24-10-6-7-10)22-11-4-2-3-5-12(11)23-16/h2-5,8-10,14,24H,6-7H2,1H3,(H,22,25). The second kappa shape index (κ2) is 7.40. The van der Waals surface area contributed by atoms with Crippen molar-refractivity contribution in [3.8, 4) is 5.88 Å². The average molecular weight is 442 g/mol. The molecule has 1 unspecified atom stereocenters. The molecule has 2 N–H and O–H groups in total. The quantitative estimate of drug-likeness (QED) is 0.582. The van der Waals surface area contributed by atoms with Crippen molar-refractivity contribution in [2.24, 2.45) is 7.05 Å². The van der Waals surface area contributed by atoms with Crippen LogP contribution in [0, 0.1) is 0 Å². The Kier molecular flexibility index (Phi) is 5.02. The summed E-state index contributed by atoms with van der Waals surface area (Å²) in [5, 5.41) is 0. The molecule has 0 amide bonds. The Hall–Kier alpha value is -2.93. The van der Waals surface area contributed by atoms with Gasteiger partial charge in [-0.3, -0.25) is 4.72 Å². The number of halogens is 3. The van der Waals surface area contributed by atoms with Gasteiger partial charge in [-0.1, -0.05) is 12.1 Å².